The molecule has 0 fully saturated rings. The third-order valence-electron chi connectivity index (χ3n) is 9.89. The fourth-order valence-electron chi connectivity index (χ4n) is 7.22. The van der Waals surface area contributed by atoms with Crippen molar-refractivity contribution >= 4 is 32.5 Å². The molecule has 2 heterocycles. The third kappa shape index (κ3) is 5.71. The summed E-state index contributed by atoms with van der Waals surface area (Å²) in [5.74, 6) is 1.78. The molecule has 0 aliphatic rings. The van der Waals surface area contributed by atoms with Crippen LogP contribution in [0.4, 0.5) is 0 Å². The molecular weight excluding hydrogens is 649 g/mol. The zero-order chi connectivity index (χ0) is 35.1. The molecule has 53 heavy (non-hydrogen) atoms. The fourth-order valence-corrected chi connectivity index (χ4v) is 7.22. The molecule has 0 unspecified atom stereocenters. The summed E-state index contributed by atoms with van der Waals surface area (Å²) in [4.78, 5) is 15.3. The zero-order valence-electron chi connectivity index (χ0n) is 28.5. The Bertz CT molecular complexity index is 2950. The number of rotatable bonds is 6. The van der Waals surface area contributed by atoms with E-state index in [1.807, 2.05) is 24.3 Å². The lowest BCUT2D eigenvalue weighted by Gasteiger charge is -2.13. The van der Waals surface area contributed by atoms with Gasteiger partial charge in [0.15, 0.2) is 23.1 Å². The molecule has 0 radical (unpaired) electrons. The summed E-state index contributed by atoms with van der Waals surface area (Å²) in [7, 11) is 0. The van der Waals surface area contributed by atoms with Gasteiger partial charge in [0.25, 0.3) is 0 Å². The predicted molar refractivity (Wildman–Crippen MR) is 215 cm³/mol. The van der Waals surface area contributed by atoms with Crippen molar-refractivity contribution in [3.8, 4) is 67.5 Å². The van der Waals surface area contributed by atoms with Crippen molar-refractivity contribution in [2.45, 2.75) is 0 Å². The summed E-state index contributed by atoms with van der Waals surface area (Å²) in [5.41, 5.74) is 10.4. The molecule has 0 bridgehead atoms. The molecule has 2 aromatic heterocycles. The normalized spacial score (nSPS) is 11.4. The smallest absolute Gasteiger partial charge is 0.166 e. The van der Waals surface area contributed by atoms with Crippen LogP contribution in [0.3, 0.4) is 0 Å². The van der Waals surface area contributed by atoms with Gasteiger partial charge in [-0.25, -0.2) is 15.0 Å². The number of benzene rings is 8. The second kappa shape index (κ2) is 12.8. The summed E-state index contributed by atoms with van der Waals surface area (Å²) in [6.07, 6.45) is 1.71. The maximum Gasteiger partial charge on any atom is 0.166 e. The van der Waals surface area contributed by atoms with Crippen molar-refractivity contribution in [1.29, 1.82) is 0 Å². The Hall–Kier alpha value is -7.24. The molecule has 5 nitrogen and oxygen atoms in total. The summed E-state index contributed by atoms with van der Waals surface area (Å²) in [5, 5.41) is 9.54. The molecular formula is C48H30N4O. The van der Waals surface area contributed by atoms with E-state index >= 15 is 0 Å². The van der Waals surface area contributed by atoms with Crippen LogP contribution in [-0.2, 0) is 0 Å². The SMILES string of the molecule is c1ccc(-c2ccc3ccc(-c4nc(-c5cccc(-c6ccc(-c7ccccc7)c7ccccc67)c5)nc(-c5ccc6oncc6c5)n4)cc3c2)cc1. The Morgan fingerprint density at radius 1 is 0.321 bits per heavy atom. The largest absolute Gasteiger partial charge is 0.356 e. The van der Waals surface area contributed by atoms with Gasteiger partial charge >= 0.3 is 0 Å². The molecule has 0 amide bonds. The molecule has 8 aromatic carbocycles. The Kier molecular flexibility index (Phi) is 7.40. The van der Waals surface area contributed by atoms with Gasteiger partial charge in [-0.15, -0.1) is 0 Å². The van der Waals surface area contributed by atoms with Gasteiger partial charge < -0.3 is 4.52 Å². The van der Waals surface area contributed by atoms with E-state index in [-0.39, 0.29) is 0 Å². The first-order chi connectivity index (χ1) is 26.2. The van der Waals surface area contributed by atoms with Crippen LogP contribution in [0, 0.1) is 0 Å². The molecule has 0 aliphatic carbocycles. The summed E-state index contributed by atoms with van der Waals surface area (Å²) >= 11 is 0. The highest BCUT2D eigenvalue weighted by Crippen LogP contribution is 2.37. The quantitative estimate of drug-likeness (QED) is 0.175. The van der Waals surface area contributed by atoms with Gasteiger partial charge in [0, 0.05) is 22.1 Å². The van der Waals surface area contributed by atoms with Crippen molar-refractivity contribution in [2.24, 2.45) is 0 Å². The minimum Gasteiger partial charge on any atom is -0.356 e. The first-order valence-electron chi connectivity index (χ1n) is 17.6. The van der Waals surface area contributed by atoms with E-state index in [1.165, 1.54) is 27.5 Å². The van der Waals surface area contributed by atoms with E-state index in [0.29, 0.717) is 23.1 Å². The van der Waals surface area contributed by atoms with Gasteiger partial charge in [-0.05, 0) is 91.3 Å². The van der Waals surface area contributed by atoms with Gasteiger partial charge in [0.05, 0.1) is 6.20 Å². The second-order valence-corrected chi connectivity index (χ2v) is 13.2. The molecule has 0 saturated heterocycles. The highest BCUT2D eigenvalue weighted by atomic mass is 16.5. The van der Waals surface area contributed by atoms with E-state index in [0.717, 1.165) is 49.5 Å². The van der Waals surface area contributed by atoms with Crippen LogP contribution >= 0.6 is 0 Å². The molecule has 0 spiro atoms. The van der Waals surface area contributed by atoms with Gasteiger partial charge in [-0.2, -0.15) is 0 Å². The number of aromatic nitrogens is 4. The lowest BCUT2D eigenvalue weighted by Crippen LogP contribution is -2.00. The van der Waals surface area contributed by atoms with E-state index in [9.17, 15) is 0 Å². The van der Waals surface area contributed by atoms with Crippen molar-refractivity contribution < 1.29 is 4.52 Å². The Morgan fingerprint density at radius 3 is 1.53 bits per heavy atom. The van der Waals surface area contributed by atoms with E-state index in [4.69, 9.17) is 19.5 Å². The molecule has 10 rings (SSSR count). The topological polar surface area (TPSA) is 64.7 Å². The maximum atomic E-state index is 5.39. The van der Waals surface area contributed by atoms with Crippen molar-refractivity contribution in [1.82, 2.24) is 20.1 Å². The molecule has 0 N–H and O–H groups in total. The van der Waals surface area contributed by atoms with Crippen LogP contribution < -0.4 is 0 Å². The van der Waals surface area contributed by atoms with E-state index < -0.39 is 0 Å². The van der Waals surface area contributed by atoms with Crippen LogP contribution in [0.15, 0.2) is 187 Å². The van der Waals surface area contributed by atoms with Gasteiger partial charge in [-0.1, -0.05) is 145 Å². The Morgan fingerprint density at radius 2 is 0.830 bits per heavy atom. The van der Waals surface area contributed by atoms with Gasteiger partial charge in [0.2, 0.25) is 0 Å². The highest BCUT2D eigenvalue weighted by Gasteiger charge is 2.16. The number of hydrogen-bond acceptors (Lipinski definition) is 5. The fraction of sp³-hybridized carbons (Fsp3) is 0. The molecule has 5 heteroatoms. The van der Waals surface area contributed by atoms with Crippen LogP contribution in [0.25, 0.3) is 100 Å². The second-order valence-electron chi connectivity index (χ2n) is 13.2. The summed E-state index contributed by atoms with van der Waals surface area (Å²) in [6, 6.07) is 61.4. The van der Waals surface area contributed by atoms with E-state index in [2.05, 4.69) is 157 Å². The standard InChI is InChI=1S/C48H30N4O/c1-3-10-31(11-4-1)34-20-18-32-19-21-37(28-39(32)26-34)47-50-46(51-48(52-47)38-22-25-45-40(29-38)30-49-53-45)36-15-9-14-35(27-36)42-24-23-41(33-12-5-2-6-13-33)43-16-7-8-17-44(42)43/h1-30H. The average Bonchev–Trinajstić information content (AvgIpc) is 3.72. The molecule has 248 valence electrons. The lowest BCUT2D eigenvalue weighted by atomic mass is 9.91. The van der Waals surface area contributed by atoms with Crippen LogP contribution in [-0.4, -0.2) is 20.1 Å². The number of fused-ring (bicyclic) bond motifs is 3. The molecule has 10 aromatic rings. The van der Waals surface area contributed by atoms with Crippen LogP contribution in [0.1, 0.15) is 0 Å². The average molecular weight is 679 g/mol. The number of nitrogens with zero attached hydrogens (tertiary/aromatic N) is 4. The molecule has 0 saturated carbocycles. The van der Waals surface area contributed by atoms with Gasteiger partial charge in [-0.3, -0.25) is 0 Å². The molecule has 0 atom stereocenters. The minimum absolute atomic E-state index is 0.578. The highest BCUT2D eigenvalue weighted by molar-refractivity contribution is 6.05. The van der Waals surface area contributed by atoms with Gasteiger partial charge in [0.1, 0.15) is 0 Å². The van der Waals surface area contributed by atoms with Crippen molar-refractivity contribution in [2.75, 3.05) is 0 Å². The zero-order valence-corrected chi connectivity index (χ0v) is 28.5. The Labute approximate surface area is 305 Å². The first kappa shape index (κ1) is 30.6. The predicted octanol–water partition coefficient (Wildman–Crippen LogP) is 12.3. The van der Waals surface area contributed by atoms with Crippen LogP contribution in [0.5, 0.6) is 0 Å². The third-order valence-corrected chi connectivity index (χ3v) is 9.89. The monoisotopic (exact) mass is 678 g/mol. The minimum atomic E-state index is 0.578. The van der Waals surface area contributed by atoms with Crippen molar-refractivity contribution in [3.63, 3.8) is 0 Å². The Balaban J connectivity index is 1.12. The van der Waals surface area contributed by atoms with Crippen molar-refractivity contribution in [3.05, 3.63) is 182 Å². The summed E-state index contributed by atoms with van der Waals surface area (Å²) in [6.45, 7) is 0. The number of hydrogen-bond donors (Lipinski definition) is 0. The van der Waals surface area contributed by atoms with E-state index in [1.54, 1.807) is 6.20 Å². The maximum absolute atomic E-state index is 5.39. The lowest BCUT2D eigenvalue weighted by molar-refractivity contribution is 0.456. The first-order valence-corrected chi connectivity index (χ1v) is 17.6. The summed E-state index contributed by atoms with van der Waals surface area (Å²) < 4.78 is 5.39. The van der Waals surface area contributed by atoms with Crippen LogP contribution in [0.2, 0.25) is 0 Å². The molecule has 0 aliphatic heterocycles.